The number of ether oxygens (including phenoxy) is 1. The molecule has 2 amide bonds. The average molecular weight is 337 g/mol. The van der Waals surface area contributed by atoms with Gasteiger partial charge in [-0.3, -0.25) is 0 Å². The minimum absolute atomic E-state index is 0.286. The molecule has 2 N–H and O–H groups in total. The number of benzene rings is 2. The largest absolute Gasteiger partial charge is 0.494 e. The fourth-order valence-corrected chi connectivity index (χ4v) is 2.06. The van der Waals surface area contributed by atoms with E-state index in [-0.39, 0.29) is 11.8 Å². The molecular weight excluding hydrogens is 319 g/mol. The standard InChI is InChI=1S/C17H18ClFN2O2/c18-15-5-1-2-6-16(15)21-17(22)20-11-3-4-12-23-14-9-7-13(19)8-10-14/h1-2,5-10H,3-4,11-12H2,(H2,20,21,22). The molecule has 6 heteroatoms. The monoisotopic (exact) mass is 336 g/mol. The van der Waals surface area contributed by atoms with Crippen molar-refractivity contribution < 1.29 is 13.9 Å². The Morgan fingerprint density at radius 2 is 1.83 bits per heavy atom. The third kappa shape index (κ3) is 6.16. The summed E-state index contributed by atoms with van der Waals surface area (Å²) in [5.74, 6) is 0.349. The zero-order valence-electron chi connectivity index (χ0n) is 12.5. The van der Waals surface area contributed by atoms with E-state index in [4.69, 9.17) is 16.3 Å². The Morgan fingerprint density at radius 3 is 2.57 bits per heavy atom. The van der Waals surface area contributed by atoms with Crippen molar-refractivity contribution in [1.82, 2.24) is 5.32 Å². The van der Waals surface area contributed by atoms with Crippen molar-refractivity contribution in [3.8, 4) is 5.75 Å². The number of anilines is 1. The summed E-state index contributed by atoms with van der Waals surface area (Å²) in [6, 6.07) is 12.6. The zero-order chi connectivity index (χ0) is 16.5. The zero-order valence-corrected chi connectivity index (χ0v) is 13.3. The molecule has 0 aromatic heterocycles. The molecule has 2 aromatic carbocycles. The van der Waals surface area contributed by atoms with Gasteiger partial charge in [0.1, 0.15) is 11.6 Å². The highest BCUT2D eigenvalue weighted by atomic mass is 35.5. The van der Waals surface area contributed by atoms with Crippen LogP contribution in [0.2, 0.25) is 5.02 Å². The van der Waals surface area contributed by atoms with Crippen LogP contribution >= 0.6 is 11.6 Å². The maximum Gasteiger partial charge on any atom is 0.319 e. The first-order valence-corrected chi connectivity index (χ1v) is 7.71. The second-order valence-electron chi connectivity index (χ2n) is 4.87. The molecule has 2 rings (SSSR count). The van der Waals surface area contributed by atoms with E-state index < -0.39 is 0 Å². The van der Waals surface area contributed by atoms with Crippen molar-refractivity contribution in [1.29, 1.82) is 0 Å². The minimum atomic E-state index is -0.294. The summed E-state index contributed by atoms with van der Waals surface area (Å²) in [4.78, 5) is 11.7. The molecule has 0 unspecified atom stereocenters. The second kappa shape index (κ2) is 9.00. The molecule has 122 valence electrons. The fourth-order valence-electron chi connectivity index (χ4n) is 1.88. The predicted molar refractivity (Wildman–Crippen MR) is 89.6 cm³/mol. The topological polar surface area (TPSA) is 50.4 Å². The van der Waals surface area contributed by atoms with Crippen LogP contribution in [0.5, 0.6) is 5.75 Å². The Labute approximate surface area is 139 Å². The number of halogens is 2. The van der Waals surface area contributed by atoms with Crippen LogP contribution in [0.1, 0.15) is 12.8 Å². The molecule has 0 saturated heterocycles. The summed E-state index contributed by atoms with van der Waals surface area (Å²) in [5, 5.41) is 5.93. The van der Waals surface area contributed by atoms with Crippen molar-refractivity contribution in [2.24, 2.45) is 0 Å². The van der Waals surface area contributed by atoms with Gasteiger partial charge < -0.3 is 15.4 Å². The summed E-state index contributed by atoms with van der Waals surface area (Å²) in [6.07, 6.45) is 1.56. The predicted octanol–water partition coefficient (Wildman–Crippen LogP) is 4.46. The summed E-state index contributed by atoms with van der Waals surface area (Å²) < 4.78 is 18.2. The van der Waals surface area contributed by atoms with E-state index >= 15 is 0 Å². The molecule has 23 heavy (non-hydrogen) atoms. The summed E-state index contributed by atoms with van der Waals surface area (Å²) in [5.41, 5.74) is 0.575. The van der Waals surface area contributed by atoms with Gasteiger partial charge in [-0.25, -0.2) is 9.18 Å². The van der Waals surface area contributed by atoms with Gasteiger partial charge in [0.2, 0.25) is 0 Å². The Hall–Kier alpha value is -2.27. The number of hydrogen-bond acceptors (Lipinski definition) is 2. The molecule has 0 spiro atoms. The Balaban J connectivity index is 1.57. The van der Waals surface area contributed by atoms with Crippen LogP contribution in [0, 0.1) is 5.82 Å². The molecule has 0 fully saturated rings. The Kier molecular flexibility index (Phi) is 6.69. The lowest BCUT2D eigenvalue weighted by atomic mass is 10.3. The van der Waals surface area contributed by atoms with E-state index in [1.807, 2.05) is 0 Å². The highest BCUT2D eigenvalue weighted by Crippen LogP contribution is 2.20. The number of carbonyl (C=O) groups is 1. The number of urea groups is 1. The Bertz CT molecular complexity index is 635. The molecule has 0 heterocycles. The number of hydrogen-bond donors (Lipinski definition) is 2. The Morgan fingerprint density at radius 1 is 1.09 bits per heavy atom. The van der Waals surface area contributed by atoms with E-state index in [1.54, 1.807) is 36.4 Å². The van der Waals surface area contributed by atoms with Gasteiger partial charge in [0.15, 0.2) is 0 Å². The lowest BCUT2D eigenvalue weighted by Gasteiger charge is -2.09. The summed E-state index contributed by atoms with van der Waals surface area (Å²) >= 11 is 5.96. The van der Waals surface area contributed by atoms with Crippen LogP contribution < -0.4 is 15.4 Å². The number of rotatable bonds is 7. The van der Waals surface area contributed by atoms with Crippen LogP contribution in [0.15, 0.2) is 48.5 Å². The van der Waals surface area contributed by atoms with Crippen molar-refractivity contribution in [2.45, 2.75) is 12.8 Å². The van der Waals surface area contributed by atoms with Gasteiger partial charge >= 0.3 is 6.03 Å². The SMILES string of the molecule is O=C(NCCCCOc1ccc(F)cc1)Nc1ccccc1Cl. The van der Waals surface area contributed by atoms with E-state index in [2.05, 4.69) is 10.6 Å². The van der Waals surface area contributed by atoms with Crippen LogP contribution in [0.3, 0.4) is 0 Å². The molecule has 0 atom stereocenters. The quantitative estimate of drug-likeness (QED) is 0.733. The molecule has 0 saturated carbocycles. The third-order valence-electron chi connectivity index (χ3n) is 3.06. The molecule has 4 nitrogen and oxygen atoms in total. The van der Waals surface area contributed by atoms with Gasteiger partial charge in [-0.1, -0.05) is 23.7 Å². The normalized spacial score (nSPS) is 10.2. The lowest BCUT2D eigenvalue weighted by molar-refractivity contribution is 0.251. The van der Waals surface area contributed by atoms with E-state index in [9.17, 15) is 9.18 Å². The van der Waals surface area contributed by atoms with Gasteiger partial charge in [0.05, 0.1) is 17.3 Å². The summed E-state index contributed by atoms with van der Waals surface area (Å²) in [7, 11) is 0. The lowest BCUT2D eigenvalue weighted by Crippen LogP contribution is -2.29. The molecular formula is C17H18ClFN2O2. The summed E-state index contributed by atoms with van der Waals surface area (Å²) in [6.45, 7) is 1.04. The maximum atomic E-state index is 12.7. The van der Waals surface area contributed by atoms with Crippen LogP contribution in [-0.4, -0.2) is 19.2 Å². The number of unbranched alkanes of at least 4 members (excludes halogenated alkanes) is 1. The highest BCUT2D eigenvalue weighted by molar-refractivity contribution is 6.33. The first-order chi connectivity index (χ1) is 11.1. The maximum absolute atomic E-state index is 12.7. The van der Waals surface area contributed by atoms with Gasteiger partial charge in [-0.05, 0) is 49.2 Å². The van der Waals surface area contributed by atoms with Gasteiger partial charge in [-0.15, -0.1) is 0 Å². The van der Waals surface area contributed by atoms with Crippen LogP contribution in [0.4, 0.5) is 14.9 Å². The van der Waals surface area contributed by atoms with Crippen LogP contribution in [0.25, 0.3) is 0 Å². The highest BCUT2D eigenvalue weighted by Gasteiger charge is 2.03. The van der Waals surface area contributed by atoms with Gasteiger partial charge in [0.25, 0.3) is 0 Å². The molecule has 2 aromatic rings. The second-order valence-corrected chi connectivity index (χ2v) is 5.28. The number of amides is 2. The first kappa shape index (κ1) is 17.1. The van der Waals surface area contributed by atoms with Crippen molar-refractivity contribution >= 4 is 23.3 Å². The molecule has 0 aliphatic rings. The van der Waals surface area contributed by atoms with Crippen LogP contribution in [-0.2, 0) is 0 Å². The van der Waals surface area contributed by atoms with Crippen molar-refractivity contribution in [2.75, 3.05) is 18.5 Å². The van der Waals surface area contributed by atoms with Gasteiger partial charge in [-0.2, -0.15) is 0 Å². The van der Waals surface area contributed by atoms with Crippen molar-refractivity contribution in [3.63, 3.8) is 0 Å². The number of nitrogens with one attached hydrogen (secondary N) is 2. The fraction of sp³-hybridized carbons (Fsp3) is 0.235. The first-order valence-electron chi connectivity index (χ1n) is 7.33. The number of para-hydroxylation sites is 1. The minimum Gasteiger partial charge on any atom is -0.494 e. The number of carbonyl (C=O) groups excluding carboxylic acids is 1. The van der Waals surface area contributed by atoms with E-state index in [0.29, 0.717) is 29.6 Å². The molecule has 0 aliphatic carbocycles. The molecule has 0 bridgehead atoms. The average Bonchev–Trinajstić information content (AvgIpc) is 2.54. The molecule has 0 aliphatic heterocycles. The van der Waals surface area contributed by atoms with Crippen molar-refractivity contribution in [3.05, 3.63) is 59.4 Å². The third-order valence-corrected chi connectivity index (χ3v) is 3.39. The smallest absolute Gasteiger partial charge is 0.319 e. The van der Waals surface area contributed by atoms with E-state index in [1.165, 1.54) is 12.1 Å². The van der Waals surface area contributed by atoms with Gasteiger partial charge in [0, 0.05) is 6.54 Å². The molecule has 0 radical (unpaired) electrons. The van der Waals surface area contributed by atoms with E-state index in [0.717, 1.165) is 12.8 Å².